The molecule has 10 heteroatoms. The molecule has 2 aromatic heterocycles. The highest BCUT2D eigenvalue weighted by Gasteiger charge is 2.34. The molecule has 6 rings (SSSR count). The van der Waals surface area contributed by atoms with Crippen LogP contribution in [0.4, 0.5) is 0 Å². The van der Waals surface area contributed by atoms with Crippen molar-refractivity contribution in [1.29, 1.82) is 0 Å². The highest BCUT2D eigenvalue weighted by molar-refractivity contribution is 6.16. The first kappa shape index (κ1) is 34.9. The van der Waals surface area contributed by atoms with Gasteiger partial charge in [-0.05, 0) is 66.1 Å². The number of carbonyl (C=O) groups is 1. The zero-order valence-corrected chi connectivity index (χ0v) is 29.1. The Morgan fingerprint density at radius 1 is 1.08 bits per heavy atom. The molecule has 1 aliphatic rings. The van der Waals surface area contributed by atoms with Crippen molar-refractivity contribution in [3.05, 3.63) is 107 Å². The number of benzene rings is 3. The number of esters is 1. The second-order valence-electron chi connectivity index (χ2n) is 13.8. The molecule has 3 heterocycles. The summed E-state index contributed by atoms with van der Waals surface area (Å²) >= 11 is 0. The van der Waals surface area contributed by atoms with E-state index in [0.29, 0.717) is 71.8 Å². The van der Waals surface area contributed by atoms with Gasteiger partial charge in [0.1, 0.15) is 35.6 Å². The Bertz CT molecular complexity index is 1970. The molecule has 3 N–H and O–H groups in total. The first-order chi connectivity index (χ1) is 24.1. The van der Waals surface area contributed by atoms with Crippen molar-refractivity contribution in [3.8, 4) is 17.4 Å². The molecule has 10 nitrogen and oxygen atoms in total. The summed E-state index contributed by atoms with van der Waals surface area (Å²) in [6.45, 7) is 10.9. The smallest absolute Gasteiger partial charge is 0.343 e. The maximum Gasteiger partial charge on any atom is 0.343 e. The molecule has 262 valence electrons. The number of rotatable bonds is 12. The van der Waals surface area contributed by atoms with Crippen LogP contribution in [0, 0.1) is 5.41 Å². The van der Waals surface area contributed by atoms with Crippen LogP contribution in [0.15, 0.2) is 89.4 Å². The Hall–Kier alpha value is -4.90. The van der Waals surface area contributed by atoms with E-state index in [2.05, 4.69) is 42.8 Å². The van der Waals surface area contributed by atoms with Crippen molar-refractivity contribution in [2.75, 3.05) is 39.6 Å². The van der Waals surface area contributed by atoms with Crippen LogP contribution >= 0.6 is 0 Å². The number of hydrogen-bond donors (Lipinski definition) is 2. The molecule has 3 aromatic carbocycles. The summed E-state index contributed by atoms with van der Waals surface area (Å²) in [5, 5.41) is 13.9. The van der Waals surface area contributed by atoms with Crippen molar-refractivity contribution in [2.24, 2.45) is 11.1 Å². The lowest BCUT2D eigenvalue weighted by Crippen LogP contribution is -2.39. The number of allylic oxidation sites excluding steroid dienone is 1. The van der Waals surface area contributed by atoms with Gasteiger partial charge in [-0.3, -0.25) is 10.6 Å². The van der Waals surface area contributed by atoms with Gasteiger partial charge in [0.25, 0.3) is 0 Å². The van der Waals surface area contributed by atoms with Gasteiger partial charge in [-0.25, -0.2) is 9.78 Å². The Morgan fingerprint density at radius 3 is 2.60 bits per heavy atom. The summed E-state index contributed by atoms with van der Waals surface area (Å²) in [6, 6.07) is 18.9. The van der Waals surface area contributed by atoms with Crippen LogP contribution in [0.1, 0.15) is 67.2 Å². The van der Waals surface area contributed by atoms with Crippen LogP contribution in [-0.2, 0) is 15.9 Å². The van der Waals surface area contributed by atoms with Crippen molar-refractivity contribution in [3.63, 3.8) is 0 Å². The summed E-state index contributed by atoms with van der Waals surface area (Å²) in [5.74, 6) is 0.402. The highest BCUT2D eigenvalue weighted by atomic mass is 16.5. The van der Waals surface area contributed by atoms with Gasteiger partial charge in [-0.1, -0.05) is 51.1 Å². The quantitative estimate of drug-likeness (QED) is 0.0776. The van der Waals surface area contributed by atoms with Crippen molar-refractivity contribution in [2.45, 2.75) is 46.6 Å². The Morgan fingerprint density at radius 2 is 1.86 bits per heavy atom. The lowest BCUT2D eigenvalue weighted by atomic mass is 9.89. The first-order valence-corrected chi connectivity index (χ1v) is 17.0. The minimum atomic E-state index is -0.651. The zero-order chi connectivity index (χ0) is 35.3. The number of aromatic nitrogens is 1. The second-order valence-corrected chi connectivity index (χ2v) is 13.8. The molecule has 1 atom stereocenters. The molecular weight excluding hydrogens is 634 g/mol. The molecule has 0 bridgehead atoms. The second kappa shape index (κ2) is 15.3. The summed E-state index contributed by atoms with van der Waals surface area (Å²) in [5.41, 5.74) is 9.86. The highest BCUT2D eigenvalue weighted by Crippen LogP contribution is 2.47. The molecule has 50 heavy (non-hydrogen) atoms. The predicted octanol–water partition coefficient (Wildman–Crippen LogP) is 7.52. The fraction of sp³-hybridized carbons (Fsp3) is 0.350. The number of ether oxygens (including phenoxy) is 4. The molecule has 0 radical (unpaired) electrons. The third kappa shape index (κ3) is 7.94. The molecule has 1 unspecified atom stereocenters. The number of phenols is 1. The van der Waals surface area contributed by atoms with E-state index in [1.165, 1.54) is 11.8 Å². The number of fused-ring (bicyclic) bond motifs is 3. The topological polar surface area (TPSA) is 130 Å². The van der Waals surface area contributed by atoms with Gasteiger partial charge < -0.3 is 28.5 Å². The minimum absolute atomic E-state index is 0.0197. The molecule has 0 aliphatic carbocycles. The summed E-state index contributed by atoms with van der Waals surface area (Å²) in [6.07, 6.45) is 6.38. The van der Waals surface area contributed by atoms with Crippen molar-refractivity contribution < 1.29 is 33.3 Å². The van der Waals surface area contributed by atoms with Crippen molar-refractivity contribution in [1.82, 2.24) is 9.88 Å². The van der Waals surface area contributed by atoms with E-state index in [4.69, 9.17) is 29.1 Å². The van der Waals surface area contributed by atoms with Gasteiger partial charge >= 0.3 is 5.97 Å². The number of morpholine rings is 1. The average Bonchev–Trinajstić information content (AvgIpc) is 3.55. The summed E-state index contributed by atoms with van der Waals surface area (Å²) < 4.78 is 29.3. The SMILES string of the molecule is CC(=COc1cc(C(c2c(O)c3ccc(OCCC(C)(C)C)cc3c3occ(C(=O)OCN)c23)N2CCOCC2)ccn1)Cc1ccccc1. The predicted molar refractivity (Wildman–Crippen MR) is 192 cm³/mol. The third-order valence-corrected chi connectivity index (χ3v) is 8.83. The van der Waals surface area contributed by atoms with Gasteiger partial charge in [-0.2, -0.15) is 0 Å². The number of nitrogens with zero attached hydrogens (tertiary/aromatic N) is 2. The normalized spacial score (nSPS) is 14.9. The van der Waals surface area contributed by atoms with E-state index in [1.807, 2.05) is 55.5 Å². The first-order valence-electron chi connectivity index (χ1n) is 17.0. The molecule has 1 aliphatic heterocycles. The lowest BCUT2D eigenvalue weighted by Gasteiger charge is -2.36. The summed E-state index contributed by atoms with van der Waals surface area (Å²) in [7, 11) is 0. The van der Waals surface area contributed by atoms with Crippen LogP contribution in [0.5, 0.6) is 17.4 Å². The average molecular weight is 680 g/mol. The van der Waals surface area contributed by atoms with E-state index in [1.54, 1.807) is 12.5 Å². The fourth-order valence-electron chi connectivity index (χ4n) is 6.31. The Balaban J connectivity index is 1.47. The van der Waals surface area contributed by atoms with Gasteiger partial charge in [0.15, 0.2) is 0 Å². The number of hydrogen-bond acceptors (Lipinski definition) is 10. The van der Waals surface area contributed by atoms with Crippen LogP contribution < -0.4 is 15.2 Å². The number of phenolic OH excluding ortho intramolecular Hbond substituents is 1. The number of carbonyl (C=O) groups excluding carboxylic acids is 1. The van der Waals surface area contributed by atoms with E-state index < -0.39 is 12.0 Å². The molecular formula is C40H45N3O7. The molecule has 0 spiro atoms. The minimum Gasteiger partial charge on any atom is -0.507 e. The molecule has 5 aromatic rings. The maximum atomic E-state index is 13.4. The number of nitrogens with two attached hydrogens (primary N) is 1. The van der Waals surface area contributed by atoms with Crippen LogP contribution in [0.3, 0.4) is 0 Å². The van der Waals surface area contributed by atoms with E-state index >= 15 is 0 Å². The van der Waals surface area contributed by atoms with Crippen LogP contribution in [0.25, 0.3) is 21.7 Å². The molecule has 1 fully saturated rings. The molecule has 0 amide bonds. The number of aromatic hydroxyl groups is 1. The summed E-state index contributed by atoms with van der Waals surface area (Å²) in [4.78, 5) is 20.1. The fourth-order valence-corrected chi connectivity index (χ4v) is 6.31. The monoisotopic (exact) mass is 679 g/mol. The molecule has 1 saturated heterocycles. The van der Waals surface area contributed by atoms with Gasteiger partial charge in [0, 0.05) is 47.1 Å². The zero-order valence-electron chi connectivity index (χ0n) is 29.1. The Kier molecular flexibility index (Phi) is 10.7. The van der Waals surface area contributed by atoms with E-state index in [-0.39, 0.29) is 23.5 Å². The maximum absolute atomic E-state index is 13.4. The van der Waals surface area contributed by atoms with Crippen molar-refractivity contribution >= 4 is 27.7 Å². The van der Waals surface area contributed by atoms with E-state index in [9.17, 15) is 9.90 Å². The lowest BCUT2D eigenvalue weighted by molar-refractivity contribution is 0.0238. The third-order valence-electron chi connectivity index (χ3n) is 8.83. The van der Waals surface area contributed by atoms with E-state index in [0.717, 1.165) is 24.0 Å². The largest absolute Gasteiger partial charge is 0.507 e. The number of furan rings is 1. The van der Waals surface area contributed by atoms with Crippen LogP contribution in [-0.4, -0.2) is 60.6 Å². The van der Waals surface area contributed by atoms with Crippen LogP contribution in [0.2, 0.25) is 0 Å². The Labute approximate surface area is 292 Å². The van der Waals surface area contributed by atoms with Gasteiger partial charge in [0.05, 0.1) is 32.1 Å². The molecule has 0 saturated carbocycles. The standard InChI is InChI=1S/C40H45N3O7/c1-26(20-27-8-6-5-7-9-27)23-48-33-21-28(12-14-42-33)36(43-15-18-46-19-16-43)35-34-32(39(45)50-25-41)24-49-38(34)31-22-29(10-11-30(31)37(35)44)47-17-13-40(2,3)4/h5-12,14,21-24,36,44H,13,15-20,25,41H2,1-4H3. The van der Waals surface area contributed by atoms with Gasteiger partial charge in [-0.15, -0.1) is 0 Å². The number of pyridine rings is 1. The van der Waals surface area contributed by atoms with Gasteiger partial charge in [0.2, 0.25) is 5.88 Å².